The second-order valence-electron chi connectivity index (χ2n) is 3.90. The number of ether oxygens (including phenoxy) is 1. The molecule has 0 aliphatic carbocycles. The van der Waals surface area contributed by atoms with Gasteiger partial charge in [0.05, 0.1) is 6.20 Å². The Morgan fingerprint density at radius 2 is 2.05 bits per heavy atom. The number of rotatable bonds is 3. The number of hydrogen-bond acceptors (Lipinski definition) is 4. The zero-order valence-electron chi connectivity index (χ0n) is 10.2. The summed E-state index contributed by atoms with van der Waals surface area (Å²) >= 11 is 3.39. The van der Waals surface area contributed by atoms with E-state index in [1.54, 1.807) is 6.20 Å². The predicted molar refractivity (Wildman–Crippen MR) is 76.7 cm³/mol. The Bertz CT molecular complexity index is 708. The van der Waals surface area contributed by atoms with Crippen molar-refractivity contribution in [2.24, 2.45) is 0 Å². The molecule has 0 spiro atoms. The molecular formula is C13H11BrN4O. The average Bonchev–Trinajstić information content (AvgIpc) is 2.89. The van der Waals surface area contributed by atoms with Crippen LogP contribution in [-0.4, -0.2) is 21.4 Å². The first-order chi connectivity index (χ1) is 9.26. The van der Waals surface area contributed by atoms with E-state index in [9.17, 15) is 0 Å². The van der Waals surface area contributed by atoms with Crippen LogP contribution in [0.25, 0.3) is 5.65 Å². The number of hydrogen-bond donors (Lipinski definition) is 1. The Hall–Kier alpha value is -2.08. The third-order valence-electron chi connectivity index (χ3n) is 2.63. The van der Waals surface area contributed by atoms with Gasteiger partial charge in [0.1, 0.15) is 11.6 Å². The molecule has 0 saturated heterocycles. The van der Waals surface area contributed by atoms with E-state index in [4.69, 9.17) is 4.74 Å². The zero-order chi connectivity index (χ0) is 13.2. The summed E-state index contributed by atoms with van der Waals surface area (Å²) in [4.78, 5) is 8.63. The van der Waals surface area contributed by atoms with E-state index in [1.165, 1.54) is 0 Å². The molecule has 0 amide bonds. The number of benzene rings is 1. The molecule has 0 aliphatic rings. The molecule has 2 heterocycles. The first-order valence-electron chi connectivity index (χ1n) is 5.71. The zero-order valence-corrected chi connectivity index (χ0v) is 11.8. The molecule has 6 heteroatoms. The molecule has 0 aliphatic heterocycles. The number of nitrogens with one attached hydrogen (secondary N) is 1. The van der Waals surface area contributed by atoms with Crippen LogP contribution in [0.4, 0.5) is 5.82 Å². The Labute approximate surface area is 118 Å². The van der Waals surface area contributed by atoms with Crippen LogP contribution in [0.5, 0.6) is 11.6 Å². The molecule has 0 unspecified atom stereocenters. The average molecular weight is 319 g/mol. The summed E-state index contributed by atoms with van der Waals surface area (Å²) in [6.45, 7) is 0. The van der Waals surface area contributed by atoms with Gasteiger partial charge in [-0.25, -0.2) is 4.98 Å². The Morgan fingerprint density at radius 1 is 1.26 bits per heavy atom. The summed E-state index contributed by atoms with van der Waals surface area (Å²) in [5.74, 6) is 1.91. The fraction of sp³-hybridized carbons (Fsp3) is 0.0769. The molecule has 0 fully saturated rings. The number of halogens is 1. The molecule has 0 atom stereocenters. The molecular weight excluding hydrogens is 308 g/mol. The van der Waals surface area contributed by atoms with Gasteiger partial charge in [-0.2, -0.15) is 4.98 Å². The maximum absolute atomic E-state index is 5.79. The van der Waals surface area contributed by atoms with Crippen LogP contribution in [-0.2, 0) is 0 Å². The third-order valence-corrected chi connectivity index (χ3v) is 3.16. The second-order valence-corrected chi connectivity index (χ2v) is 4.81. The van der Waals surface area contributed by atoms with Gasteiger partial charge in [-0.05, 0) is 24.3 Å². The van der Waals surface area contributed by atoms with Gasteiger partial charge in [0.25, 0.3) is 5.88 Å². The van der Waals surface area contributed by atoms with Crippen LogP contribution in [0, 0.1) is 0 Å². The molecule has 1 aromatic carbocycles. The normalized spacial score (nSPS) is 10.6. The Balaban J connectivity index is 2.03. The lowest BCUT2D eigenvalue weighted by atomic mass is 10.3. The second kappa shape index (κ2) is 4.89. The lowest BCUT2D eigenvalue weighted by Crippen LogP contribution is -1.99. The van der Waals surface area contributed by atoms with Gasteiger partial charge in [0, 0.05) is 23.9 Å². The van der Waals surface area contributed by atoms with Crippen molar-refractivity contribution in [1.29, 1.82) is 0 Å². The summed E-state index contributed by atoms with van der Waals surface area (Å²) in [6.07, 6.45) is 5.42. The van der Waals surface area contributed by atoms with E-state index < -0.39 is 0 Å². The summed E-state index contributed by atoms with van der Waals surface area (Å²) in [5.41, 5.74) is 0.682. The first-order valence-corrected chi connectivity index (χ1v) is 6.50. The largest absolute Gasteiger partial charge is 0.436 e. The summed E-state index contributed by atoms with van der Waals surface area (Å²) < 4.78 is 8.66. The van der Waals surface area contributed by atoms with Gasteiger partial charge >= 0.3 is 0 Å². The lowest BCUT2D eigenvalue weighted by molar-refractivity contribution is 0.465. The maximum atomic E-state index is 5.79. The van der Waals surface area contributed by atoms with Gasteiger partial charge in [-0.15, -0.1) is 0 Å². The minimum atomic E-state index is 0.471. The topological polar surface area (TPSA) is 51.5 Å². The monoisotopic (exact) mass is 318 g/mol. The van der Waals surface area contributed by atoms with Gasteiger partial charge in [-0.1, -0.05) is 15.9 Å². The number of imidazole rings is 1. The first kappa shape index (κ1) is 12.0. The van der Waals surface area contributed by atoms with Crippen LogP contribution in [0.15, 0.2) is 47.3 Å². The van der Waals surface area contributed by atoms with Crippen LogP contribution < -0.4 is 10.1 Å². The minimum absolute atomic E-state index is 0.471. The Kier molecular flexibility index (Phi) is 3.08. The van der Waals surface area contributed by atoms with Crippen molar-refractivity contribution < 1.29 is 4.74 Å². The van der Waals surface area contributed by atoms with Crippen molar-refractivity contribution in [2.75, 3.05) is 12.4 Å². The van der Waals surface area contributed by atoms with Gasteiger partial charge in [0.15, 0.2) is 0 Å². The van der Waals surface area contributed by atoms with Crippen molar-refractivity contribution in [1.82, 2.24) is 14.4 Å². The molecule has 3 aromatic rings. The van der Waals surface area contributed by atoms with Gasteiger partial charge < -0.3 is 10.1 Å². The standard InChI is InChI=1S/C13H11BrN4O/c1-15-11-8-18-7-6-16-12(18)13(17-11)19-10-4-2-9(14)3-5-10/h2-8,15H,1H3. The summed E-state index contributed by atoms with van der Waals surface area (Å²) in [5, 5.41) is 3.00. The Morgan fingerprint density at radius 3 is 2.79 bits per heavy atom. The van der Waals surface area contributed by atoms with Crippen molar-refractivity contribution in [3.05, 3.63) is 47.3 Å². The molecule has 96 valence electrons. The van der Waals surface area contributed by atoms with Crippen LogP contribution >= 0.6 is 15.9 Å². The van der Waals surface area contributed by atoms with E-state index >= 15 is 0 Å². The van der Waals surface area contributed by atoms with E-state index in [0.717, 1.165) is 10.3 Å². The summed E-state index contributed by atoms with van der Waals surface area (Å²) in [7, 11) is 1.81. The molecule has 5 nitrogen and oxygen atoms in total. The molecule has 1 N–H and O–H groups in total. The maximum Gasteiger partial charge on any atom is 0.265 e. The summed E-state index contributed by atoms with van der Waals surface area (Å²) in [6, 6.07) is 7.58. The molecule has 0 radical (unpaired) electrons. The molecule has 0 bridgehead atoms. The quantitative estimate of drug-likeness (QED) is 0.804. The van der Waals surface area contributed by atoms with Gasteiger partial charge in [0.2, 0.25) is 5.65 Å². The highest BCUT2D eigenvalue weighted by molar-refractivity contribution is 9.10. The molecule has 2 aromatic heterocycles. The van der Waals surface area contributed by atoms with Crippen molar-refractivity contribution >= 4 is 27.4 Å². The number of nitrogens with zero attached hydrogens (tertiary/aromatic N) is 3. The minimum Gasteiger partial charge on any atom is -0.436 e. The lowest BCUT2D eigenvalue weighted by Gasteiger charge is -2.08. The fourth-order valence-electron chi connectivity index (χ4n) is 1.71. The number of aromatic nitrogens is 3. The van der Waals surface area contributed by atoms with Gasteiger partial charge in [-0.3, -0.25) is 4.40 Å². The third kappa shape index (κ3) is 2.39. The predicted octanol–water partition coefficient (Wildman–Crippen LogP) is 3.33. The van der Waals surface area contributed by atoms with Crippen molar-refractivity contribution in [2.45, 2.75) is 0 Å². The van der Waals surface area contributed by atoms with Crippen molar-refractivity contribution in [3.63, 3.8) is 0 Å². The van der Waals surface area contributed by atoms with E-state index in [1.807, 2.05) is 48.1 Å². The van der Waals surface area contributed by atoms with Crippen LogP contribution in [0.1, 0.15) is 0 Å². The smallest absolute Gasteiger partial charge is 0.265 e. The molecule has 3 rings (SSSR count). The molecule has 19 heavy (non-hydrogen) atoms. The fourth-order valence-corrected chi connectivity index (χ4v) is 1.97. The van der Waals surface area contributed by atoms with E-state index in [2.05, 4.69) is 31.2 Å². The van der Waals surface area contributed by atoms with E-state index in [-0.39, 0.29) is 0 Å². The highest BCUT2D eigenvalue weighted by Crippen LogP contribution is 2.25. The highest BCUT2D eigenvalue weighted by atomic mass is 79.9. The van der Waals surface area contributed by atoms with Crippen LogP contribution in [0.2, 0.25) is 0 Å². The highest BCUT2D eigenvalue weighted by Gasteiger charge is 2.09. The van der Waals surface area contributed by atoms with Crippen LogP contribution in [0.3, 0.4) is 0 Å². The number of fused-ring (bicyclic) bond motifs is 1. The van der Waals surface area contributed by atoms with E-state index in [0.29, 0.717) is 17.3 Å². The molecule has 0 saturated carbocycles. The number of anilines is 1. The SMILES string of the molecule is CNc1cn2ccnc2c(Oc2ccc(Br)cc2)n1. The van der Waals surface area contributed by atoms with Crippen molar-refractivity contribution in [3.8, 4) is 11.6 Å².